The summed E-state index contributed by atoms with van der Waals surface area (Å²) in [5.74, 6) is 0.373. The van der Waals surface area contributed by atoms with E-state index >= 15 is 0 Å². The van der Waals surface area contributed by atoms with Crippen LogP contribution in [0.25, 0.3) is 10.4 Å². The molecule has 1 aromatic carbocycles. The van der Waals surface area contributed by atoms with Gasteiger partial charge < -0.3 is 4.90 Å². The lowest BCUT2D eigenvalue weighted by molar-refractivity contribution is -0.130. The molecule has 1 heterocycles. The highest BCUT2D eigenvalue weighted by Gasteiger charge is 2.36. The molecule has 1 unspecified atom stereocenters. The maximum absolute atomic E-state index is 12.2. The highest BCUT2D eigenvalue weighted by atomic mass is 16.2. The van der Waals surface area contributed by atoms with Crippen molar-refractivity contribution < 1.29 is 4.79 Å². The Hall–Kier alpha value is -2.00. The Morgan fingerprint density at radius 1 is 1.40 bits per heavy atom. The second kappa shape index (κ2) is 5.55. The molecule has 0 bridgehead atoms. The number of aryl methyl sites for hydroxylation is 1. The van der Waals surface area contributed by atoms with Crippen molar-refractivity contribution in [1.82, 2.24) is 4.90 Å². The van der Waals surface area contributed by atoms with Crippen LogP contribution in [0.1, 0.15) is 36.4 Å². The summed E-state index contributed by atoms with van der Waals surface area (Å²) >= 11 is 0. The first-order valence-corrected chi connectivity index (χ1v) is 7.17. The van der Waals surface area contributed by atoms with Crippen LogP contribution in [0.3, 0.4) is 0 Å². The highest BCUT2D eigenvalue weighted by Crippen LogP contribution is 2.37. The lowest BCUT2D eigenvalue weighted by Crippen LogP contribution is -2.32. The Balaban J connectivity index is 1.80. The molecule has 20 heavy (non-hydrogen) atoms. The van der Waals surface area contributed by atoms with E-state index in [4.69, 9.17) is 5.53 Å². The first-order chi connectivity index (χ1) is 9.79. The summed E-state index contributed by atoms with van der Waals surface area (Å²) in [5.41, 5.74) is 11.1. The molecule has 5 heteroatoms. The molecule has 1 saturated heterocycles. The van der Waals surface area contributed by atoms with E-state index in [1.807, 2.05) is 4.90 Å². The fourth-order valence-electron chi connectivity index (χ4n) is 3.44. The minimum atomic E-state index is 0.174. The van der Waals surface area contributed by atoms with E-state index in [0.717, 1.165) is 25.8 Å². The highest BCUT2D eigenvalue weighted by molar-refractivity contribution is 5.79. The summed E-state index contributed by atoms with van der Waals surface area (Å²) in [6, 6.07) is 8.64. The Kier molecular flexibility index (Phi) is 3.61. The number of carbonyl (C=O) groups excluding carboxylic acids is 1. The second-order valence-corrected chi connectivity index (χ2v) is 5.64. The van der Waals surface area contributed by atoms with Crippen molar-refractivity contribution in [3.05, 3.63) is 45.8 Å². The van der Waals surface area contributed by atoms with E-state index < -0.39 is 0 Å². The third-order valence-electron chi connectivity index (χ3n) is 4.36. The van der Waals surface area contributed by atoms with Crippen LogP contribution in [-0.4, -0.2) is 23.9 Å². The van der Waals surface area contributed by atoms with Crippen molar-refractivity contribution in [3.63, 3.8) is 0 Å². The van der Waals surface area contributed by atoms with Gasteiger partial charge in [0.15, 0.2) is 0 Å². The predicted molar refractivity (Wildman–Crippen MR) is 76.0 cm³/mol. The topological polar surface area (TPSA) is 69.1 Å². The van der Waals surface area contributed by atoms with Crippen LogP contribution < -0.4 is 0 Å². The molecule has 1 aliphatic carbocycles. The molecule has 1 aromatic rings. The first kappa shape index (κ1) is 13.0. The number of hydrogen-bond acceptors (Lipinski definition) is 2. The predicted octanol–water partition coefficient (Wildman–Crippen LogP) is 3.22. The molecule has 1 aliphatic heterocycles. The molecule has 5 nitrogen and oxygen atoms in total. The summed E-state index contributed by atoms with van der Waals surface area (Å²) in [7, 11) is 0. The Labute approximate surface area is 118 Å². The van der Waals surface area contributed by atoms with Crippen LogP contribution in [0.4, 0.5) is 0 Å². The van der Waals surface area contributed by atoms with Crippen LogP contribution in [0, 0.1) is 5.92 Å². The SMILES string of the molecule is [N-]=[N+]=NCC1CC(=O)N([C@H]2CCCc3ccccc32)C1. The molecule has 0 N–H and O–H groups in total. The van der Waals surface area contributed by atoms with Gasteiger partial charge in [0.25, 0.3) is 0 Å². The number of rotatable bonds is 3. The maximum Gasteiger partial charge on any atom is 0.223 e. The molecular weight excluding hydrogens is 252 g/mol. The number of fused-ring (bicyclic) bond motifs is 1. The third kappa shape index (κ3) is 2.37. The number of nitrogens with zero attached hydrogens (tertiary/aromatic N) is 4. The van der Waals surface area contributed by atoms with Crippen molar-refractivity contribution in [3.8, 4) is 0 Å². The monoisotopic (exact) mass is 270 g/mol. The second-order valence-electron chi connectivity index (χ2n) is 5.64. The minimum absolute atomic E-state index is 0.174. The fourth-order valence-corrected chi connectivity index (χ4v) is 3.44. The third-order valence-corrected chi connectivity index (χ3v) is 4.36. The molecule has 0 saturated carbocycles. The number of azide groups is 1. The number of likely N-dealkylation sites (tertiary alicyclic amines) is 1. The fraction of sp³-hybridized carbons (Fsp3) is 0.533. The zero-order chi connectivity index (χ0) is 13.9. The van der Waals surface area contributed by atoms with E-state index in [0.29, 0.717) is 13.0 Å². The average Bonchev–Trinajstić information content (AvgIpc) is 2.85. The molecule has 3 rings (SSSR count). The molecule has 1 fully saturated rings. The van der Waals surface area contributed by atoms with Crippen molar-refractivity contribution in [2.24, 2.45) is 11.0 Å². The van der Waals surface area contributed by atoms with E-state index in [-0.39, 0.29) is 17.9 Å². The lowest BCUT2D eigenvalue weighted by Gasteiger charge is -2.33. The zero-order valence-electron chi connectivity index (χ0n) is 11.4. The molecule has 0 spiro atoms. The number of carbonyl (C=O) groups is 1. The summed E-state index contributed by atoms with van der Waals surface area (Å²) in [6.45, 7) is 1.14. The van der Waals surface area contributed by atoms with Gasteiger partial charge in [-0.05, 0) is 41.8 Å². The van der Waals surface area contributed by atoms with Gasteiger partial charge in [0.05, 0.1) is 6.04 Å². The Bertz CT molecular complexity index is 565. The standard InChI is InChI=1S/C15H18N4O/c16-18-17-9-11-8-15(20)19(10-11)14-7-3-5-12-4-1-2-6-13(12)14/h1-2,4,6,11,14H,3,5,7-10H2/t11?,14-/m0/s1. The van der Waals surface area contributed by atoms with Gasteiger partial charge in [0, 0.05) is 24.4 Å². The smallest absolute Gasteiger partial charge is 0.223 e. The van der Waals surface area contributed by atoms with Gasteiger partial charge in [-0.25, -0.2) is 0 Å². The average molecular weight is 270 g/mol. The summed E-state index contributed by atoms with van der Waals surface area (Å²) in [5, 5.41) is 3.61. The van der Waals surface area contributed by atoms with Crippen molar-refractivity contribution in [2.45, 2.75) is 31.7 Å². The summed E-state index contributed by atoms with van der Waals surface area (Å²) in [6.07, 6.45) is 3.79. The summed E-state index contributed by atoms with van der Waals surface area (Å²) < 4.78 is 0. The van der Waals surface area contributed by atoms with Crippen LogP contribution in [0.5, 0.6) is 0 Å². The van der Waals surface area contributed by atoms with Crippen LogP contribution in [0.2, 0.25) is 0 Å². The van der Waals surface area contributed by atoms with E-state index in [1.54, 1.807) is 0 Å². The van der Waals surface area contributed by atoms with Gasteiger partial charge in [-0.15, -0.1) is 0 Å². The molecule has 104 valence electrons. The van der Waals surface area contributed by atoms with Gasteiger partial charge in [-0.1, -0.05) is 29.4 Å². The van der Waals surface area contributed by atoms with Crippen LogP contribution >= 0.6 is 0 Å². The molecule has 2 aliphatic rings. The molecule has 1 amide bonds. The van der Waals surface area contributed by atoms with Gasteiger partial charge in [-0.3, -0.25) is 4.79 Å². The first-order valence-electron chi connectivity index (χ1n) is 7.17. The summed E-state index contributed by atoms with van der Waals surface area (Å²) in [4.78, 5) is 17.0. The van der Waals surface area contributed by atoms with Gasteiger partial charge in [-0.2, -0.15) is 0 Å². The minimum Gasteiger partial charge on any atom is -0.335 e. The van der Waals surface area contributed by atoms with Gasteiger partial charge in [0.1, 0.15) is 0 Å². The number of amides is 1. The van der Waals surface area contributed by atoms with E-state index in [9.17, 15) is 4.79 Å². The van der Waals surface area contributed by atoms with Crippen LogP contribution in [-0.2, 0) is 11.2 Å². The zero-order valence-corrected chi connectivity index (χ0v) is 11.4. The largest absolute Gasteiger partial charge is 0.335 e. The van der Waals surface area contributed by atoms with Gasteiger partial charge in [0.2, 0.25) is 5.91 Å². The normalized spacial score (nSPS) is 25.2. The Morgan fingerprint density at radius 2 is 2.25 bits per heavy atom. The van der Waals surface area contributed by atoms with Crippen molar-refractivity contribution >= 4 is 5.91 Å². The maximum atomic E-state index is 12.2. The molecule has 2 atom stereocenters. The van der Waals surface area contributed by atoms with Crippen molar-refractivity contribution in [1.29, 1.82) is 0 Å². The molecule has 0 radical (unpaired) electrons. The van der Waals surface area contributed by atoms with E-state index in [1.165, 1.54) is 11.1 Å². The Morgan fingerprint density at radius 3 is 3.10 bits per heavy atom. The molecule has 0 aromatic heterocycles. The van der Waals surface area contributed by atoms with Gasteiger partial charge >= 0.3 is 0 Å². The lowest BCUT2D eigenvalue weighted by atomic mass is 9.87. The van der Waals surface area contributed by atoms with Crippen LogP contribution in [0.15, 0.2) is 29.4 Å². The number of benzene rings is 1. The number of hydrogen-bond donors (Lipinski definition) is 0. The van der Waals surface area contributed by atoms with E-state index in [2.05, 4.69) is 34.3 Å². The molecular formula is C15H18N4O. The quantitative estimate of drug-likeness (QED) is 0.472. The van der Waals surface area contributed by atoms with Crippen molar-refractivity contribution in [2.75, 3.05) is 13.1 Å².